The molecule has 2 aromatic carbocycles. The summed E-state index contributed by atoms with van der Waals surface area (Å²) in [4.78, 5) is 12.3. The summed E-state index contributed by atoms with van der Waals surface area (Å²) in [5, 5.41) is 0. The van der Waals surface area contributed by atoms with Gasteiger partial charge in [-0.25, -0.2) is 8.78 Å². The quantitative estimate of drug-likeness (QED) is 0.786. The van der Waals surface area contributed by atoms with Crippen molar-refractivity contribution in [2.24, 2.45) is 0 Å². The lowest BCUT2D eigenvalue weighted by Crippen LogP contribution is -2.17. The minimum Gasteiger partial charge on any atom is -0.368 e. The fraction of sp³-hybridized carbons (Fsp3) is 0.133. The Morgan fingerprint density at radius 2 is 1.79 bits per heavy atom. The maximum Gasteiger partial charge on any atom is 0.150 e. The normalized spacial score (nSPS) is 10.3. The molecule has 0 amide bonds. The summed E-state index contributed by atoms with van der Waals surface area (Å²) in [6.07, 6.45) is 0.604. The van der Waals surface area contributed by atoms with Gasteiger partial charge in [-0.15, -0.1) is 0 Å². The smallest absolute Gasteiger partial charge is 0.150 e. The van der Waals surface area contributed by atoms with E-state index < -0.39 is 5.82 Å². The highest BCUT2D eigenvalue weighted by Crippen LogP contribution is 2.20. The van der Waals surface area contributed by atoms with Crippen LogP contribution >= 0.6 is 0 Å². The molecule has 0 bridgehead atoms. The van der Waals surface area contributed by atoms with Gasteiger partial charge in [0.15, 0.2) is 0 Å². The van der Waals surface area contributed by atoms with E-state index in [1.54, 1.807) is 36.2 Å². The summed E-state index contributed by atoms with van der Waals surface area (Å²) in [5.41, 5.74) is 1.58. The molecule has 0 fully saturated rings. The minimum absolute atomic E-state index is 0.298. The first-order valence-electron chi connectivity index (χ1n) is 5.80. The Balaban J connectivity index is 2.17. The summed E-state index contributed by atoms with van der Waals surface area (Å²) in [6.45, 7) is 0.456. The van der Waals surface area contributed by atoms with E-state index >= 15 is 0 Å². The van der Waals surface area contributed by atoms with Crippen molar-refractivity contribution < 1.29 is 13.6 Å². The summed E-state index contributed by atoms with van der Waals surface area (Å²) in [7, 11) is 1.74. The second-order valence-electron chi connectivity index (χ2n) is 4.31. The van der Waals surface area contributed by atoms with Gasteiger partial charge in [-0.3, -0.25) is 4.79 Å². The van der Waals surface area contributed by atoms with Crippen molar-refractivity contribution in [3.63, 3.8) is 0 Å². The Hall–Kier alpha value is -2.23. The Morgan fingerprint density at radius 3 is 2.37 bits per heavy atom. The largest absolute Gasteiger partial charge is 0.368 e. The highest BCUT2D eigenvalue weighted by atomic mass is 19.1. The van der Waals surface area contributed by atoms with Crippen molar-refractivity contribution in [2.75, 3.05) is 11.9 Å². The maximum absolute atomic E-state index is 13.8. The van der Waals surface area contributed by atoms with E-state index in [4.69, 9.17) is 0 Å². The minimum atomic E-state index is -0.450. The van der Waals surface area contributed by atoms with Crippen molar-refractivity contribution in [1.29, 1.82) is 0 Å². The molecule has 2 aromatic rings. The first-order chi connectivity index (χ1) is 9.10. The zero-order chi connectivity index (χ0) is 13.8. The van der Waals surface area contributed by atoms with E-state index in [1.165, 1.54) is 18.2 Å². The Bertz CT molecular complexity index is 581. The van der Waals surface area contributed by atoms with Gasteiger partial charge in [0, 0.05) is 19.2 Å². The van der Waals surface area contributed by atoms with Crippen LogP contribution in [0.2, 0.25) is 0 Å². The Morgan fingerprint density at radius 1 is 1.11 bits per heavy atom. The van der Waals surface area contributed by atoms with E-state index in [0.717, 1.165) is 5.56 Å². The second-order valence-corrected chi connectivity index (χ2v) is 4.31. The number of carbonyl (C=O) groups is 1. The number of anilines is 1. The van der Waals surface area contributed by atoms with Crippen LogP contribution in [0.3, 0.4) is 0 Å². The Labute approximate surface area is 110 Å². The summed E-state index contributed by atoms with van der Waals surface area (Å²) >= 11 is 0. The zero-order valence-electron chi connectivity index (χ0n) is 10.4. The molecule has 0 spiro atoms. The van der Waals surface area contributed by atoms with Gasteiger partial charge in [-0.1, -0.05) is 12.1 Å². The van der Waals surface area contributed by atoms with Crippen LogP contribution in [0.15, 0.2) is 42.5 Å². The first kappa shape index (κ1) is 13.2. The molecule has 0 saturated heterocycles. The van der Waals surface area contributed by atoms with Gasteiger partial charge in [-0.05, 0) is 35.9 Å². The fourth-order valence-corrected chi connectivity index (χ4v) is 1.85. The number of carbonyl (C=O) groups excluding carboxylic acids is 1. The van der Waals surface area contributed by atoms with Gasteiger partial charge in [0.25, 0.3) is 0 Å². The lowest BCUT2D eigenvalue weighted by Gasteiger charge is -2.20. The molecule has 0 saturated carbocycles. The van der Waals surface area contributed by atoms with Crippen molar-refractivity contribution in [2.45, 2.75) is 6.54 Å². The van der Waals surface area contributed by atoms with Crippen LogP contribution in [0, 0.1) is 11.6 Å². The predicted molar refractivity (Wildman–Crippen MR) is 70.3 cm³/mol. The summed E-state index contributed by atoms with van der Waals surface area (Å²) in [5.74, 6) is -0.748. The van der Waals surface area contributed by atoms with Crippen LogP contribution in [-0.4, -0.2) is 13.3 Å². The molecule has 0 heterocycles. The van der Waals surface area contributed by atoms with E-state index in [-0.39, 0.29) is 5.82 Å². The van der Waals surface area contributed by atoms with Crippen LogP contribution in [0.4, 0.5) is 14.5 Å². The van der Waals surface area contributed by atoms with E-state index in [0.29, 0.717) is 24.1 Å². The standard InChI is InChI=1S/C15H13F2NO/c1-18(9-11-2-5-13(16)6-3-11)15-7-4-12(10-19)8-14(15)17/h2-8,10H,9H2,1H3. The zero-order valence-corrected chi connectivity index (χ0v) is 10.4. The Kier molecular flexibility index (Phi) is 3.90. The van der Waals surface area contributed by atoms with Crippen LogP contribution < -0.4 is 4.90 Å². The molecule has 2 rings (SSSR count). The van der Waals surface area contributed by atoms with E-state index in [1.807, 2.05) is 0 Å². The van der Waals surface area contributed by atoms with Gasteiger partial charge in [0.1, 0.15) is 17.9 Å². The third-order valence-corrected chi connectivity index (χ3v) is 2.85. The molecule has 0 aliphatic rings. The van der Waals surface area contributed by atoms with Crippen LogP contribution in [0.1, 0.15) is 15.9 Å². The van der Waals surface area contributed by atoms with Gasteiger partial charge in [0.05, 0.1) is 5.69 Å². The van der Waals surface area contributed by atoms with Gasteiger partial charge in [-0.2, -0.15) is 0 Å². The molecular formula is C15H13F2NO. The molecular weight excluding hydrogens is 248 g/mol. The first-order valence-corrected chi connectivity index (χ1v) is 5.80. The molecule has 0 atom stereocenters. The number of benzene rings is 2. The molecule has 0 aliphatic heterocycles. The van der Waals surface area contributed by atoms with Crippen molar-refractivity contribution in [3.8, 4) is 0 Å². The highest BCUT2D eigenvalue weighted by molar-refractivity contribution is 5.75. The average molecular weight is 261 g/mol. The molecule has 4 heteroatoms. The number of aldehydes is 1. The second kappa shape index (κ2) is 5.61. The van der Waals surface area contributed by atoms with Crippen LogP contribution in [-0.2, 0) is 6.54 Å². The SMILES string of the molecule is CN(Cc1ccc(F)cc1)c1ccc(C=O)cc1F. The van der Waals surface area contributed by atoms with Crippen molar-refractivity contribution >= 4 is 12.0 Å². The van der Waals surface area contributed by atoms with Gasteiger partial charge >= 0.3 is 0 Å². The number of hydrogen-bond donors (Lipinski definition) is 0. The average Bonchev–Trinajstić information content (AvgIpc) is 2.41. The van der Waals surface area contributed by atoms with E-state index in [2.05, 4.69) is 0 Å². The number of halogens is 2. The lowest BCUT2D eigenvalue weighted by atomic mass is 10.1. The number of nitrogens with zero attached hydrogens (tertiary/aromatic N) is 1. The molecule has 0 aromatic heterocycles. The molecule has 0 N–H and O–H groups in total. The van der Waals surface area contributed by atoms with Crippen LogP contribution in [0.5, 0.6) is 0 Å². The fourth-order valence-electron chi connectivity index (χ4n) is 1.85. The lowest BCUT2D eigenvalue weighted by molar-refractivity contribution is 0.112. The van der Waals surface area contributed by atoms with Crippen molar-refractivity contribution in [1.82, 2.24) is 0 Å². The van der Waals surface area contributed by atoms with Gasteiger partial charge < -0.3 is 4.90 Å². The van der Waals surface area contributed by atoms with E-state index in [9.17, 15) is 13.6 Å². The molecule has 2 nitrogen and oxygen atoms in total. The number of hydrogen-bond acceptors (Lipinski definition) is 2. The molecule has 0 aliphatic carbocycles. The summed E-state index contributed by atoms with van der Waals surface area (Å²) in [6, 6.07) is 10.4. The van der Waals surface area contributed by atoms with Crippen molar-refractivity contribution in [3.05, 3.63) is 65.2 Å². The molecule has 0 radical (unpaired) electrons. The monoisotopic (exact) mass is 261 g/mol. The molecule has 0 unspecified atom stereocenters. The van der Waals surface area contributed by atoms with Gasteiger partial charge in [0.2, 0.25) is 0 Å². The highest BCUT2D eigenvalue weighted by Gasteiger charge is 2.09. The number of rotatable bonds is 4. The molecule has 19 heavy (non-hydrogen) atoms. The third-order valence-electron chi connectivity index (χ3n) is 2.85. The molecule has 98 valence electrons. The topological polar surface area (TPSA) is 20.3 Å². The predicted octanol–water partition coefficient (Wildman–Crippen LogP) is 3.41. The summed E-state index contributed by atoms with van der Waals surface area (Å²) < 4.78 is 26.6. The third kappa shape index (κ3) is 3.16. The van der Waals surface area contributed by atoms with Crippen LogP contribution in [0.25, 0.3) is 0 Å². The maximum atomic E-state index is 13.8.